The van der Waals surface area contributed by atoms with E-state index in [1.807, 2.05) is 30.3 Å². The molecule has 2 atom stereocenters. The van der Waals surface area contributed by atoms with Crippen molar-refractivity contribution in [2.24, 2.45) is 5.73 Å². The van der Waals surface area contributed by atoms with Crippen LogP contribution in [0.15, 0.2) is 30.3 Å². The third-order valence-electron chi connectivity index (χ3n) is 1.93. The van der Waals surface area contributed by atoms with Crippen LogP contribution in [0.2, 0.25) is 0 Å². The van der Waals surface area contributed by atoms with Crippen molar-refractivity contribution in [1.29, 1.82) is 0 Å². The average molecular weight is 212 g/mol. The van der Waals surface area contributed by atoms with Crippen LogP contribution in [0.3, 0.4) is 0 Å². The van der Waals surface area contributed by atoms with Gasteiger partial charge in [-0.2, -0.15) is 0 Å². The van der Waals surface area contributed by atoms with Crippen LogP contribution in [0, 0.1) is 0 Å². The van der Waals surface area contributed by atoms with Crippen molar-refractivity contribution >= 4 is 8.03 Å². The number of hydrogen-bond donors (Lipinski definition) is 1. The molecule has 3 nitrogen and oxygen atoms in total. The molecule has 0 aliphatic heterocycles. The number of benzene rings is 1. The number of nitrogens with two attached hydrogens (primary N) is 1. The summed E-state index contributed by atoms with van der Waals surface area (Å²) in [4.78, 5) is 0. The molecule has 0 heterocycles. The Hall–Kier alpha value is -0.760. The molecule has 0 radical (unpaired) electrons. The van der Waals surface area contributed by atoms with Crippen LogP contribution >= 0.6 is 8.03 Å². The van der Waals surface area contributed by atoms with Gasteiger partial charge >= 0.3 is 8.03 Å². The summed E-state index contributed by atoms with van der Waals surface area (Å²) in [6.07, 6.45) is 1.16. The van der Waals surface area contributed by atoms with Gasteiger partial charge < -0.3 is 5.73 Å². The maximum Gasteiger partial charge on any atom is 0.509 e. The average Bonchev–Trinajstić information content (AvgIpc) is 2.19. The lowest BCUT2D eigenvalue weighted by atomic mass is 10.1. The molecule has 1 aromatic rings. The van der Waals surface area contributed by atoms with Gasteiger partial charge in [0, 0.05) is 0 Å². The van der Waals surface area contributed by atoms with Crippen molar-refractivity contribution in [3.8, 4) is 0 Å². The molecule has 1 rings (SSSR count). The molecule has 1 aromatic carbocycles. The predicted octanol–water partition coefficient (Wildman–Crippen LogP) is 1.95. The molecular formula is C10H15NO2P+. The highest BCUT2D eigenvalue weighted by Crippen LogP contribution is 2.21. The Kier molecular flexibility index (Phi) is 4.74. The van der Waals surface area contributed by atoms with E-state index in [1.54, 1.807) is 0 Å². The van der Waals surface area contributed by atoms with E-state index >= 15 is 0 Å². The van der Waals surface area contributed by atoms with Gasteiger partial charge in [0.1, 0.15) is 0 Å². The first kappa shape index (κ1) is 11.3. The van der Waals surface area contributed by atoms with E-state index in [2.05, 4.69) is 4.52 Å². The van der Waals surface area contributed by atoms with Gasteiger partial charge in [0.05, 0.1) is 13.2 Å². The molecule has 14 heavy (non-hydrogen) atoms. The molecule has 0 aliphatic carbocycles. The summed E-state index contributed by atoms with van der Waals surface area (Å²) in [6, 6.07) is 9.84. The van der Waals surface area contributed by atoms with Crippen LogP contribution in [-0.4, -0.2) is 19.3 Å². The normalized spacial score (nSPS) is 13.7. The van der Waals surface area contributed by atoms with E-state index in [0.717, 1.165) is 6.42 Å². The maximum absolute atomic E-state index is 11.1. The van der Waals surface area contributed by atoms with E-state index in [-0.39, 0.29) is 6.04 Å². The quantitative estimate of drug-likeness (QED) is 0.759. The highest BCUT2D eigenvalue weighted by Gasteiger charge is 2.20. The Morgan fingerprint density at radius 3 is 2.64 bits per heavy atom. The van der Waals surface area contributed by atoms with Crippen LogP contribution in [-0.2, 0) is 15.5 Å². The van der Waals surface area contributed by atoms with Gasteiger partial charge in [-0.05, 0) is 16.5 Å². The molecule has 0 saturated carbocycles. The zero-order valence-electron chi connectivity index (χ0n) is 8.22. The van der Waals surface area contributed by atoms with Gasteiger partial charge in [0.2, 0.25) is 0 Å². The largest absolute Gasteiger partial charge is 0.509 e. The van der Waals surface area contributed by atoms with E-state index in [4.69, 9.17) is 5.73 Å². The maximum atomic E-state index is 11.1. The van der Waals surface area contributed by atoms with E-state index in [9.17, 15) is 4.57 Å². The molecular weight excluding hydrogens is 197 g/mol. The van der Waals surface area contributed by atoms with Crippen molar-refractivity contribution in [3.05, 3.63) is 35.9 Å². The monoisotopic (exact) mass is 212 g/mol. The minimum absolute atomic E-state index is 0.0963. The van der Waals surface area contributed by atoms with Gasteiger partial charge in [0.25, 0.3) is 0 Å². The van der Waals surface area contributed by atoms with Crippen LogP contribution in [0.5, 0.6) is 0 Å². The van der Waals surface area contributed by atoms with Crippen molar-refractivity contribution in [2.75, 3.05) is 13.3 Å². The molecule has 2 unspecified atom stereocenters. The fourth-order valence-corrected chi connectivity index (χ4v) is 1.91. The molecule has 0 spiro atoms. The van der Waals surface area contributed by atoms with Gasteiger partial charge in [-0.15, -0.1) is 4.52 Å². The summed E-state index contributed by atoms with van der Waals surface area (Å²) in [5.74, 6) is 0. The Morgan fingerprint density at radius 2 is 2.07 bits per heavy atom. The lowest BCUT2D eigenvalue weighted by Crippen LogP contribution is -2.25. The fraction of sp³-hybridized carbons (Fsp3) is 0.400. The molecule has 0 saturated heterocycles. The van der Waals surface area contributed by atoms with Crippen LogP contribution in [0.1, 0.15) is 5.56 Å². The van der Waals surface area contributed by atoms with Crippen LogP contribution < -0.4 is 5.73 Å². The molecule has 0 aromatic heterocycles. The molecule has 0 bridgehead atoms. The van der Waals surface area contributed by atoms with E-state index in [0.29, 0.717) is 6.16 Å². The van der Waals surface area contributed by atoms with Gasteiger partial charge in [-0.3, -0.25) is 0 Å². The summed E-state index contributed by atoms with van der Waals surface area (Å²) in [6.45, 7) is 0. The summed E-state index contributed by atoms with van der Waals surface area (Å²) in [5.41, 5.74) is 6.98. The lowest BCUT2D eigenvalue weighted by molar-refractivity contribution is 0.411. The second-order valence-electron chi connectivity index (χ2n) is 3.15. The van der Waals surface area contributed by atoms with Crippen molar-refractivity contribution in [1.82, 2.24) is 0 Å². The van der Waals surface area contributed by atoms with Crippen LogP contribution in [0.4, 0.5) is 0 Å². The highest BCUT2D eigenvalue weighted by molar-refractivity contribution is 7.39. The Balaban J connectivity index is 2.41. The SMILES string of the molecule is CO[P+](=O)CC(N)Cc1ccccc1. The molecule has 0 aliphatic rings. The Labute approximate surface area is 85.1 Å². The van der Waals surface area contributed by atoms with Crippen LogP contribution in [0.25, 0.3) is 0 Å². The third kappa shape index (κ3) is 3.97. The zero-order valence-corrected chi connectivity index (χ0v) is 9.11. The first-order chi connectivity index (χ1) is 6.72. The number of rotatable bonds is 5. The minimum atomic E-state index is -1.59. The zero-order chi connectivity index (χ0) is 10.4. The summed E-state index contributed by atoms with van der Waals surface area (Å²) in [5, 5.41) is 0. The summed E-state index contributed by atoms with van der Waals surface area (Å²) in [7, 11) is -0.151. The minimum Gasteiger partial charge on any atom is -0.324 e. The molecule has 76 valence electrons. The number of hydrogen-bond acceptors (Lipinski definition) is 3. The first-order valence-electron chi connectivity index (χ1n) is 4.50. The van der Waals surface area contributed by atoms with Gasteiger partial charge in [0.15, 0.2) is 6.16 Å². The van der Waals surface area contributed by atoms with Gasteiger partial charge in [-0.1, -0.05) is 30.3 Å². The topological polar surface area (TPSA) is 52.3 Å². The lowest BCUT2D eigenvalue weighted by Gasteiger charge is -2.04. The molecule has 0 amide bonds. The van der Waals surface area contributed by atoms with Crippen molar-refractivity contribution in [2.45, 2.75) is 12.5 Å². The second kappa shape index (κ2) is 5.86. The predicted molar refractivity (Wildman–Crippen MR) is 57.6 cm³/mol. The molecule has 2 N–H and O–H groups in total. The summed E-state index contributed by atoms with van der Waals surface area (Å²) >= 11 is 0. The Morgan fingerprint density at radius 1 is 1.43 bits per heavy atom. The standard InChI is InChI=1S/C10H15NO2P/c1-13-14(12)8-10(11)7-9-5-3-2-4-6-9/h2-6,10H,7-8,11H2,1H3/q+1. The highest BCUT2D eigenvalue weighted by atomic mass is 31.1. The van der Waals surface area contributed by atoms with E-state index < -0.39 is 8.03 Å². The molecule has 0 fully saturated rings. The summed E-state index contributed by atoms with van der Waals surface area (Å²) < 4.78 is 15.7. The second-order valence-corrected chi connectivity index (χ2v) is 4.54. The Bertz CT molecular complexity index is 289. The third-order valence-corrected chi connectivity index (χ3v) is 3.10. The first-order valence-corrected chi connectivity index (χ1v) is 5.87. The fourth-order valence-electron chi connectivity index (χ4n) is 1.25. The molecule has 4 heteroatoms. The van der Waals surface area contributed by atoms with Crippen molar-refractivity contribution < 1.29 is 9.09 Å². The van der Waals surface area contributed by atoms with Gasteiger partial charge in [-0.25, -0.2) is 0 Å². The van der Waals surface area contributed by atoms with E-state index in [1.165, 1.54) is 12.7 Å². The van der Waals surface area contributed by atoms with Crippen molar-refractivity contribution in [3.63, 3.8) is 0 Å². The smallest absolute Gasteiger partial charge is 0.324 e.